The monoisotopic (exact) mass is 264 g/mol. The summed E-state index contributed by atoms with van der Waals surface area (Å²) in [6, 6.07) is 2.72. The zero-order valence-corrected chi connectivity index (χ0v) is 12.0. The second kappa shape index (κ2) is 5.32. The van der Waals surface area contributed by atoms with Gasteiger partial charge in [-0.3, -0.25) is 0 Å². The van der Waals surface area contributed by atoms with Crippen molar-refractivity contribution in [3.63, 3.8) is 0 Å². The van der Waals surface area contributed by atoms with E-state index in [1.54, 1.807) is 0 Å². The first-order valence-electron chi connectivity index (χ1n) is 7.31. The molecule has 2 saturated carbocycles. The van der Waals surface area contributed by atoms with Crippen LogP contribution in [-0.4, -0.2) is 12.6 Å². The van der Waals surface area contributed by atoms with Gasteiger partial charge in [-0.05, 0) is 60.4 Å². The molecule has 1 aromatic rings. The van der Waals surface area contributed by atoms with Gasteiger partial charge in [0, 0.05) is 24.0 Å². The van der Waals surface area contributed by atoms with E-state index in [2.05, 4.69) is 23.7 Å². The van der Waals surface area contributed by atoms with Crippen molar-refractivity contribution in [3.05, 3.63) is 21.9 Å². The van der Waals surface area contributed by atoms with Crippen LogP contribution in [0.4, 0.5) is 0 Å². The summed E-state index contributed by atoms with van der Waals surface area (Å²) < 4.78 is 0. The maximum Gasteiger partial charge on any atom is 0.0302 e. The van der Waals surface area contributed by atoms with Crippen LogP contribution in [0.3, 0.4) is 0 Å². The Balaban J connectivity index is 1.50. The maximum atomic E-state index is 6.34. The van der Waals surface area contributed by atoms with Crippen LogP contribution >= 0.6 is 11.3 Å². The third-order valence-electron chi connectivity index (χ3n) is 5.04. The summed E-state index contributed by atoms with van der Waals surface area (Å²) in [6.07, 6.45) is 5.35. The van der Waals surface area contributed by atoms with E-state index in [9.17, 15) is 0 Å². The molecule has 3 heteroatoms. The Kier molecular flexibility index (Phi) is 3.73. The van der Waals surface area contributed by atoms with Crippen molar-refractivity contribution in [2.75, 3.05) is 6.54 Å². The molecule has 2 fully saturated rings. The Labute approximate surface area is 114 Å². The van der Waals surface area contributed by atoms with E-state index >= 15 is 0 Å². The van der Waals surface area contributed by atoms with Gasteiger partial charge in [0.05, 0.1) is 0 Å². The number of fused-ring (bicyclic) bond motifs is 2. The van der Waals surface area contributed by atoms with Crippen molar-refractivity contribution >= 4 is 11.3 Å². The predicted molar refractivity (Wildman–Crippen MR) is 77.7 cm³/mol. The lowest BCUT2D eigenvalue weighted by atomic mass is 9.85. The lowest BCUT2D eigenvalue weighted by molar-refractivity contribution is 0.278. The topological polar surface area (TPSA) is 38.0 Å². The van der Waals surface area contributed by atoms with Gasteiger partial charge in [-0.2, -0.15) is 0 Å². The highest BCUT2D eigenvalue weighted by Crippen LogP contribution is 2.47. The number of aryl methyl sites for hydroxylation is 1. The minimum atomic E-state index is 0.463. The molecule has 2 aliphatic rings. The molecule has 100 valence electrons. The maximum absolute atomic E-state index is 6.34. The third kappa shape index (κ3) is 2.24. The van der Waals surface area contributed by atoms with Crippen molar-refractivity contribution in [2.24, 2.45) is 23.5 Å². The van der Waals surface area contributed by atoms with Gasteiger partial charge in [0.25, 0.3) is 0 Å². The highest BCUT2D eigenvalue weighted by molar-refractivity contribution is 7.10. The van der Waals surface area contributed by atoms with Gasteiger partial charge < -0.3 is 11.1 Å². The second-order valence-electron chi connectivity index (χ2n) is 5.93. The lowest BCUT2D eigenvalue weighted by Crippen LogP contribution is -2.41. The summed E-state index contributed by atoms with van der Waals surface area (Å²) in [5, 5.41) is 5.86. The predicted octanol–water partition coefficient (Wildman–Crippen LogP) is 2.77. The van der Waals surface area contributed by atoms with Crippen LogP contribution in [0.2, 0.25) is 0 Å². The van der Waals surface area contributed by atoms with Crippen LogP contribution in [-0.2, 0) is 13.0 Å². The fourth-order valence-electron chi connectivity index (χ4n) is 3.95. The molecule has 1 aromatic heterocycles. The van der Waals surface area contributed by atoms with E-state index in [-0.39, 0.29) is 0 Å². The third-order valence-corrected chi connectivity index (χ3v) is 6.01. The van der Waals surface area contributed by atoms with Gasteiger partial charge in [-0.25, -0.2) is 0 Å². The number of hydrogen-bond donors (Lipinski definition) is 2. The molecule has 4 unspecified atom stereocenters. The average Bonchev–Trinajstić information content (AvgIpc) is 3.06. The van der Waals surface area contributed by atoms with E-state index in [0.29, 0.717) is 6.04 Å². The van der Waals surface area contributed by atoms with Crippen LogP contribution < -0.4 is 11.1 Å². The summed E-state index contributed by atoms with van der Waals surface area (Å²) in [4.78, 5) is 1.51. The molecule has 0 radical (unpaired) electrons. The average molecular weight is 264 g/mol. The number of nitrogens with two attached hydrogens (primary N) is 1. The fourth-order valence-corrected chi connectivity index (χ4v) is 4.89. The Bertz CT molecular complexity index is 399. The van der Waals surface area contributed by atoms with E-state index in [0.717, 1.165) is 37.3 Å². The number of nitrogens with one attached hydrogen (secondary N) is 1. The SMILES string of the molecule is CCc1ccsc1CNCC1C2CCC(C2)C1N. The van der Waals surface area contributed by atoms with Crippen molar-refractivity contribution in [1.82, 2.24) is 5.32 Å². The number of hydrogen-bond acceptors (Lipinski definition) is 3. The van der Waals surface area contributed by atoms with Crippen LogP contribution in [0.5, 0.6) is 0 Å². The Morgan fingerprint density at radius 3 is 2.94 bits per heavy atom. The molecule has 4 atom stereocenters. The van der Waals surface area contributed by atoms with Crippen LogP contribution in [0.1, 0.15) is 36.6 Å². The van der Waals surface area contributed by atoms with E-state index in [1.165, 1.54) is 29.7 Å². The molecule has 1 heterocycles. The summed E-state index contributed by atoms with van der Waals surface area (Å²) in [5.41, 5.74) is 7.85. The van der Waals surface area contributed by atoms with Crippen LogP contribution in [0.25, 0.3) is 0 Å². The van der Waals surface area contributed by atoms with Crippen LogP contribution in [0.15, 0.2) is 11.4 Å². The molecule has 3 rings (SSSR count). The first-order chi connectivity index (χ1) is 8.79. The van der Waals surface area contributed by atoms with Gasteiger partial charge in [0.2, 0.25) is 0 Å². The molecule has 2 nitrogen and oxygen atoms in total. The molecule has 0 saturated heterocycles. The quantitative estimate of drug-likeness (QED) is 0.858. The molecule has 0 spiro atoms. The molecule has 18 heavy (non-hydrogen) atoms. The summed E-state index contributed by atoms with van der Waals surface area (Å²) >= 11 is 1.88. The van der Waals surface area contributed by atoms with E-state index < -0.39 is 0 Å². The van der Waals surface area contributed by atoms with Crippen molar-refractivity contribution in [1.29, 1.82) is 0 Å². The molecular weight excluding hydrogens is 240 g/mol. The number of rotatable bonds is 5. The fraction of sp³-hybridized carbons (Fsp3) is 0.733. The second-order valence-corrected chi connectivity index (χ2v) is 6.93. The highest BCUT2D eigenvalue weighted by atomic mass is 32.1. The zero-order chi connectivity index (χ0) is 12.5. The van der Waals surface area contributed by atoms with Gasteiger partial charge in [-0.1, -0.05) is 6.92 Å². The minimum absolute atomic E-state index is 0.463. The summed E-state index contributed by atoms with van der Waals surface area (Å²) in [6.45, 7) is 4.38. The summed E-state index contributed by atoms with van der Waals surface area (Å²) in [7, 11) is 0. The first-order valence-corrected chi connectivity index (χ1v) is 8.19. The molecule has 2 aliphatic carbocycles. The standard InChI is InChI=1S/C15H24N2S/c1-2-10-5-6-18-14(10)9-17-8-13-11-3-4-12(7-11)15(13)16/h5-6,11-13,15,17H,2-4,7-9,16H2,1H3. The molecule has 3 N–H and O–H groups in total. The van der Waals surface area contributed by atoms with Crippen molar-refractivity contribution in [3.8, 4) is 0 Å². The molecule has 2 bridgehead atoms. The lowest BCUT2D eigenvalue weighted by Gasteiger charge is -2.28. The minimum Gasteiger partial charge on any atom is -0.327 e. The largest absolute Gasteiger partial charge is 0.327 e. The van der Waals surface area contributed by atoms with Crippen molar-refractivity contribution < 1.29 is 0 Å². The van der Waals surface area contributed by atoms with Gasteiger partial charge >= 0.3 is 0 Å². The Morgan fingerprint density at radius 2 is 2.22 bits per heavy atom. The van der Waals surface area contributed by atoms with Crippen LogP contribution in [0, 0.1) is 17.8 Å². The smallest absolute Gasteiger partial charge is 0.0302 e. The van der Waals surface area contributed by atoms with Crippen molar-refractivity contribution in [2.45, 2.75) is 45.2 Å². The number of thiophene rings is 1. The Morgan fingerprint density at radius 1 is 1.39 bits per heavy atom. The van der Waals surface area contributed by atoms with Gasteiger partial charge in [-0.15, -0.1) is 11.3 Å². The Hall–Kier alpha value is -0.380. The normalized spacial score (nSPS) is 34.3. The van der Waals surface area contributed by atoms with Gasteiger partial charge in [0.1, 0.15) is 0 Å². The van der Waals surface area contributed by atoms with E-state index in [1.807, 2.05) is 11.3 Å². The zero-order valence-electron chi connectivity index (χ0n) is 11.2. The molecule has 0 aliphatic heterocycles. The first kappa shape index (κ1) is 12.6. The summed E-state index contributed by atoms with van der Waals surface area (Å²) in [5.74, 6) is 2.47. The van der Waals surface area contributed by atoms with Gasteiger partial charge in [0.15, 0.2) is 0 Å². The molecular formula is C15H24N2S. The highest BCUT2D eigenvalue weighted by Gasteiger charge is 2.45. The molecule has 0 aromatic carbocycles. The van der Waals surface area contributed by atoms with E-state index in [4.69, 9.17) is 5.73 Å². The molecule has 0 amide bonds.